The third-order valence-corrected chi connectivity index (χ3v) is 9.48. The van der Waals surface area contributed by atoms with E-state index in [1.165, 1.54) is 32.7 Å². The molecule has 1 aromatic heterocycles. The number of benzene rings is 9. The molecule has 1 heterocycles. The summed E-state index contributed by atoms with van der Waals surface area (Å²) in [6.45, 7) is 0. The summed E-state index contributed by atoms with van der Waals surface area (Å²) in [5, 5.41) is 10.9. The number of rotatable bonds is 3. The van der Waals surface area contributed by atoms with Gasteiger partial charge in [0.05, 0.1) is 6.85 Å². The zero-order valence-electron chi connectivity index (χ0n) is 30.2. The SMILES string of the molecule is [2H]c1c([2H])c([2H])c(-c2ccc3cc4c(cc3c2)oc2cccc(-c3c5ccccc5c(-c5ccc6ccccc6c5)c5ccccc35)c24)c([2H])c1[2H]. The first-order valence-corrected chi connectivity index (χ1v) is 15.8. The third kappa shape index (κ3) is 4.03. The molecule has 10 aromatic rings. The van der Waals surface area contributed by atoms with E-state index < -0.39 is 6.04 Å². The molecule has 10 rings (SSSR count). The summed E-state index contributed by atoms with van der Waals surface area (Å²) in [4.78, 5) is 0. The van der Waals surface area contributed by atoms with Gasteiger partial charge in [0.1, 0.15) is 11.2 Å². The Morgan fingerprint density at radius 1 is 0.383 bits per heavy atom. The first-order chi connectivity index (χ1) is 25.4. The molecular weight excluding hydrogens is 569 g/mol. The Labute approximate surface area is 279 Å². The molecule has 0 N–H and O–H groups in total. The Kier molecular flexibility index (Phi) is 4.66. The monoisotopic (exact) mass is 601 g/mol. The van der Waals surface area contributed by atoms with Gasteiger partial charge in [0.2, 0.25) is 0 Å². The Bertz CT molecular complexity index is 3050. The highest BCUT2D eigenvalue weighted by Gasteiger charge is 2.20. The van der Waals surface area contributed by atoms with Crippen molar-refractivity contribution in [3.63, 3.8) is 0 Å². The van der Waals surface area contributed by atoms with Crippen LogP contribution < -0.4 is 0 Å². The van der Waals surface area contributed by atoms with Crippen LogP contribution >= 0.6 is 0 Å². The summed E-state index contributed by atoms with van der Waals surface area (Å²) in [7, 11) is 0. The molecule has 0 aliphatic heterocycles. The van der Waals surface area contributed by atoms with Crippen molar-refractivity contribution < 1.29 is 11.3 Å². The van der Waals surface area contributed by atoms with E-state index in [1.807, 2.05) is 30.3 Å². The van der Waals surface area contributed by atoms with Gasteiger partial charge in [-0.25, -0.2) is 0 Å². The van der Waals surface area contributed by atoms with Gasteiger partial charge < -0.3 is 4.42 Å². The molecule has 1 nitrogen and oxygen atoms in total. The topological polar surface area (TPSA) is 13.1 Å². The van der Waals surface area contributed by atoms with Crippen molar-refractivity contribution in [2.45, 2.75) is 0 Å². The molecular formula is C46H28O. The minimum absolute atomic E-state index is 0.186. The predicted molar refractivity (Wildman–Crippen MR) is 200 cm³/mol. The maximum absolute atomic E-state index is 8.51. The molecule has 0 saturated carbocycles. The fourth-order valence-corrected chi connectivity index (χ4v) is 7.40. The average Bonchev–Trinajstić information content (AvgIpc) is 3.55. The second-order valence-electron chi connectivity index (χ2n) is 12.1. The largest absolute Gasteiger partial charge is 0.456 e. The lowest BCUT2D eigenvalue weighted by atomic mass is 9.84. The van der Waals surface area contributed by atoms with Crippen LogP contribution in [0.15, 0.2) is 174 Å². The van der Waals surface area contributed by atoms with E-state index in [1.54, 1.807) is 0 Å². The zero-order valence-corrected chi connectivity index (χ0v) is 25.2. The second-order valence-corrected chi connectivity index (χ2v) is 12.1. The van der Waals surface area contributed by atoms with Crippen molar-refractivity contribution in [3.8, 4) is 33.4 Å². The van der Waals surface area contributed by atoms with Crippen LogP contribution in [-0.4, -0.2) is 0 Å². The minimum atomic E-state index is -0.400. The lowest BCUT2D eigenvalue weighted by molar-refractivity contribution is 0.669. The second kappa shape index (κ2) is 10.2. The number of hydrogen-bond acceptors (Lipinski definition) is 1. The van der Waals surface area contributed by atoms with Gasteiger partial charge in [-0.05, 0) is 107 Å². The summed E-state index contributed by atoms with van der Waals surface area (Å²) in [6, 6.07) is 47.1. The van der Waals surface area contributed by atoms with Crippen molar-refractivity contribution in [2.75, 3.05) is 0 Å². The Morgan fingerprint density at radius 3 is 1.77 bits per heavy atom. The Hall–Kier alpha value is -6.18. The Morgan fingerprint density at radius 2 is 1.00 bits per heavy atom. The average molecular weight is 602 g/mol. The molecule has 0 amide bonds. The van der Waals surface area contributed by atoms with Gasteiger partial charge in [-0.1, -0.05) is 139 Å². The quantitative estimate of drug-likeness (QED) is 0.184. The molecule has 0 radical (unpaired) electrons. The van der Waals surface area contributed by atoms with Crippen LogP contribution in [0.25, 0.3) is 98.4 Å². The Balaban J connectivity index is 1.23. The fraction of sp³-hybridized carbons (Fsp3) is 0. The third-order valence-electron chi connectivity index (χ3n) is 9.48. The summed E-state index contributed by atoms with van der Waals surface area (Å²) in [5.74, 6) is 0. The highest BCUT2D eigenvalue weighted by Crippen LogP contribution is 2.47. The molecule has 0 atom stereocenters. The van der Waals surface area contributed by atoms with Crippen LogP contribution in [0, 0.1) is 0 Å². The smallest absolute Gasteiger partial charge is 0.136 e. The molecule has 9 aromatic carbocycles. The van der Waals surface area contributed by atoms with Crippen molar-refractivity contribution in [1.82, 2.24) is 0 Å². The maximum atomic E-state index is 8.51. The van der Waals surface area contributed by atoms with Gasteiger partial charge >= 0.3 is 0 Å². The van der Waals surface area contributed by atoms with Crippen LogP contribution in [0.1, 0.15) is 6.85 Å². The van der Waals surface area contributed by atoms with Gasteiger partial charge in [0.15, 0.2) is 0 Å². The molecule has 0 fully saturated rings. The highest BCUT2D eigenvalue weighted by molar-refractivity contribution is 6.26. The first-order valence-electron chi connectivity index (χ1n) is 18.3. The maximum Gasteiger partial charge on any atom is 0.136 e. The molecule has 0 unspecified atom stereocenters. The zero-order chi connectivity index (χ0) is 35.2. The number of hydrogen-bond donors (Lipinski definition) is 0. The van der Waals surface area contributed by atoms with Crippen LogP contribution in [0.5, 0.6) is 0 Å². The number of fused-ring (bicyclic) bond motifs is 7. The number of furan rings is 1. The molecule has 0 saturated heterocycles. The standard InChI is InChI=1S/C46H28O/c1-2-11-29(12-3-1)32-22-23-33-27-41-43(28-35(33)26-32)47-42-20-10-19-40(46(41)42)45-38-17-8-6-15-36(38)44(37-16-7-9-18-39(37)45)34-24-21-30-13-4-5-14-31(30)25-34/h1-28H/i1D,2D,3D,11D,12D. The molecule has 47 heavy (non-hydrogen) atoms. The molecule has 218 valence electrons. The summed E-state index contributed by atoms with van der Waals surface area (Å²) in [6.07, 6.45) is 0. The van der Waals surface area contributed by atoms with Crippen molar-refractivity contribution >= 4 is 65.0 Å². The molecule has 0 spiro atoms. The highest BCUT2D eigenvalue weighted by atomic mass is 16.3. The van der Waals surface area contributed by atoms with E-state index in [2.05, 4.69) is 109 Å². The van der Waals surface area contributed by atoms with Crippen molar-refractivity contribution in [3.05, 3.63) is 170 Å². The van der Waals surface area contributed by atoms with Gasteiger partial charge in [0.25, 0.3) is 0 Å². The lowest BCUT2D eigenvalue weighted by Crippen LogP contribution is -1.91. The molecule has 1 heteroatoms. The van der Waals surface area contributed by atoms with Crippen LogP contribution in [0.2, 0.25) is 0 Å². The predicted octanol–water partition coefficient (Wildman–Crippen LogP) is 13.2. The van der Waals surface area contributed by atoms with E-state index in [0.717, 1.165) is 54.6 Å². The van der Waals surface area contributed by atoms with Gasteiger partial charge in [-0.3, -0.25) is 0 Å². The van der Waals surface area contributed by atoms with E-state index in [4.69, 9.17) is 11.3 Å². The molecule has 0 aliphatic rings. The summed E-state index contributed by atoms with van der Waals surface area (Å²) < 4.78 is 47.9. The van der Waals surface area contributed by atoms with Crippen LogP contribution in [0.4, 0.5) is 0 Å². The van der Waals surface area contributed by atoms with Crippen LogP contribution in [0.3, 0.4) is 0 Å². The van der Waals surface area contributed by atoms with Crippen LogP contribution in [-0.2, 0) is 0 Å². The summed E-state index contributed by atoms with van der Waals surface area (Å²) in [5.41, 5.74) is 6.88. The van der Waals surface area contributed by atoms with Crippen molar-refractivity contribution in [1.29, 1.82) is 0 Å². The first kappa shape index (κ1) is 21.5. The minimum Gasteiger partial charge on any atom is -0.456 e. The van der Waals surface area contributed by atoms with Gasteiger partial charge in [-0.15, -0.1) is 0 Å². The van der Waals surface area contributed by atoms with E-state index in [-0.39, 0.29) is 29.7 Å². The van der Waals surface area contributed by atoms with E-state index >= 15 is 0 Å². The fourth-order valence-electron chi connectivity index (χ4n) is 7.40. The van der Waals surface area contributed by atoms with Gasteiger partial charge in [0, 0.05) is 10.8 Å². The normalized spacial score (nSPS) is 13.3. The lowest BCUT2D eigenvalue weighted by Gasteiger charge is -2.18. The molecule has 0 aliphatic carbocycles. The molecule has 0 bridgehead atoms. The summed E-state index contributed by atoms with van der Waals surface area (Å²) >= 11 is 0. The van der Waals surface area contributed by atoms with E-state index in [9.17, 15) is 0 Å². The van der Waals surface area contributed by atoms with E-state index in [0.29, 0.717) is 5.56 Å². The van der Waals surface area contributed by atoms with Gasteiger partial charge in [-0.2, -0.15) is 0 Å². The van der Waals surface area contributed by atoms with Crippen molar-refractivity contribution in [2.24, 2.45) is 0 Å².